The lowest BCUT2D eigenvalue weighted by atomic mass is 10.1. The van der Waals surface area contributed by atoms with Crippen molar-refractivity contribution < 1.29 is 15.0 Å². The van der Waals surface area contributed by atoms with Gasteiger partial charge in [0.25, 0.3) is 0 Å². The Bertz CT molecular complexity index is 392. The van der Waals surface area contributed by atoms with Crippen molar-refractivity contribution >= 4 is 11.7 Å². The van der Waals surface area contributed by atoms with E-state index in [0.29, 0.717) is 6.54 Å². The number of anilines is 1. The first-order chi connectivity index (χ1) is 9.08. The number of benzene rings is 1. The summed E-state index contributed by atoms with van der Waals surface area (Å²) in [6.45, 7) is 3.55. The Hall–Kier alpha value is -1.59. The Kier molecular flexibility index (Phi) is 6.32. The molecule has 1 unspecified atom stereocenters. The Morgan fingerprint density at radius 3 is 2.42 bits per heavy atom. The molecule has 5 nitrogen and oxygen atoms in total. The Balaban J connectivity index is 2.75. The summed E-state index contributed by atoms with van der Waals surface area (Å²) in [5.74, 6) is -0.795. The molecule has 1 aromatic carbocycles. The van der Waals surface area contributed by atoms with Crippen LogP contribution in [-0.4, -0.2) is 35.8 Å². The van der Waals surface area contributed by atoms with Gasteiger partial charge in [0, 0.05) is 25.3 Å². The summed E-state index contributed by atoms with van der Waals surface area (Å²) in [5.41, 5.74) is 7.15. The Labute approximate surface area is 113 Å². The number of aliphatic carboxylic acids is 1. The summed E-state index contributed by atoms with van der Waals surface area (Å²) in [6.07, 6.45) is 0.424. The first kappa shape index (κ1) is 15.5. The van der Waals surface area contributed by atoms with Crippen molar-refractivity contribution in [3.8, 4) is 0 Å². The highest BCUT2D eigenvalue weighted by Crippen LogP contribution is 2.19. The standard InChI is InChI=1S/C14H22N2O3/c1-2-8-16(9-7-14(18)19)12-5-3-11(4-6-12)13(17)10-15/h3-6,13,17H,2,7-10,15H2,1H3,(H,18,19). The normalized spacial score (nSPS) is 12.2. The first-order valence-corrected chi connectivity index (χ1v) is 6.53. The molecule has 0 aromatic heterocycles. The number of hydrogen-bond acceptors (Lipinski definition) is 4. The van der Waals surface area contributed by atoms with Crippen LogP contribution >= 0.6 is 0 Å². The topological polar surface area (TPSA) is 86.8 Å². The molecule has 5 heteroatoms. The number of nitrogens with two attached hydrogens (primary N) is 1. The highest BCUT2D eigenvalue weighted by Gasteiger charge is 2.09. The Morgan fingerprint density at radius 1 is 1.32 bits per heavy atom. The van der Waals surface area contributed by atoms with Crippen molar-refractivity contribution in [1.29, 1.82) is 0 Å². The van der Waals surface area contributed by atoms with Gasteiger partial charge in [-0.25, -0.2) is 0 Å². The van der Waals surface area contributed by atoms with Crippen molar-refractivity contribution in [1.82, 2.24) is 0 Å². The fourth-order valence-electron chi connectivity index (χ4n) is 1.91. The summed E-state index contributed by atoms with van der Waals surface area (Å²) < 4.78 is 0. The average Bonchev–Trinajstić information content (AvgIpc) is 2.42. The van der Waals surface area contributed by atoms with Crippen molar-refractivity contribution in [2.75, 3.05) is 24.5 Å². The number of nitrogens with zero attached hydrogens (tertiary/aromatic N) is 1. The van der Waals surface area contributed by atoms with Crippen LogP contribution < -0.4 is 10.6 Å². The molecule has 0 aliphatic rings. The molecule has 106 valence electrons. The second-order valence-corrected chi connectivity index (χ2v) is 4.47. The lowest BCUT2D eigenvalue weighted by Crippen LogP contribution is -2.27. The zero-order valence-corrected chi connectivity index (χ0v) is 11.2. The van der Waals surface area contributed by atoms with Crippen LogP contribution in [0.25, 0.3) is 0 Å². The van der Waals surface area contributed by atoms with Crippen LogP contribution in [0.4, 0.5) is 5.69 Å². The maximum Gasteiger partial charge on any atom is 0.305 e. The van der Waals surface area contributed by atoms with Crippen LogP contribution in [0.2, 0.25) is 0 Å². The number of rotatable bonds is 8. The molecule has 0 aliphatic carbocycles. The third kappa shape index (κ3) is 4.89. The minimum Gasteiger partial charge on any atom is -0.481 e. The van der Waals surface area contributed by atoms with Crippen LogP contribution in [0.1, 0.15) is 31.4 Å². The molecule has 0 amide bonds. The van der Waals surface area contributed by atoms with Gasteiger partial charge in [0.05, 0.1) is 12.5 Å². The largest absolute Gasteiger partial charge is 0.481 e. The number of aliphatic hydroxyl groups excluding tert-OH is 1. The zero-order valence-electron chi connectivity index (χ0n) is 11.2. The molecule has 0 fully saturated rings. The van der Waals surface area contributed by atoms with E-state index < -0.39 is 12.1 Å². The van der Waals surface area contributed by atoms with Gasteiger partial charge in [0.2, 0.25) is 0 Å². The van der Waals surface area contributed by atoms with Crippen molar-refractivity contribution in [3.05, 3.63) is 29.8 Å². The zero-order chi connectivity index (χ0) is 14.3. The molecule has 1 rings (SSSR count). The van der Waals surface area contributed by atoms with Gasteiger partial charge in [0.1, 0.15) is 0 Å². The van der Waals surface area contributed by atoms with Crippen molar-refractivity contribution in [2.45, 2.75) is 25.9 Å². The van der Waals surface area contributed by atoms with Gasteiger partial charge in [-0.3, -0.25) is 4.79 Å². The summed E-state index contributed by atoms with van der Waals surface area (Å²) >= 11 is 0. The third-order valence-corrected chi connectivity index (χ3v) is 2.96. The fraction of sp³-hybridized carbons (Fsp3) is 0.500. The minimum atomic E-state index is -0.795. The highest BCUT2D eigenvalue weighted by atomic mass is 16.4. The molecule has 0 heterocycles. The van der Waals surface area contributed by atoms with E-state index in [2.05, 4.69) is 6.92 Å². The highest BCUT2D eigenvalue weighted by molar-refractivity contribution is 5.67. The van der Waals surface area contributed by atoms with Gasteiger partial charge in [-0.05, 0) is 24.1 Å². The lowest BCUT2D eigenvalue weighted by molar-refractivity contribution is -0.136. The molecule has 0 bridgehead atoms. The minimum absolute atomic E-state index is 0.118. The SMILES string of the molecule is CCCN(CCC(=O)O)c1ccc(C(O)CN)cc1. The van der Waals surface area contributed by atoms with Gasteiger partial charge in [0.15, 0.2) is 0 Å². The number of carbonyl (C=O) groups is 1. The third-order valence-electron chi connectivity index (χ3n) is 2.96. The number of aliphatic hydroxyl groups is 1. The molecule has 0 radical (unpaired) electrons. The van der Waals surface area contributed by atoms with E-state index in [9.17, 15) is 9.90 Å². The van der Waals surface area contributed by atoms with E-state index in [1.807, 2.05) is 29.2 Å². The molecule has 0 saturated heterocycles. The van der Waals surface area contributed by atoms with Crippen LogP contribution in [0, 0.1) is 0 Å². The molecule has 0 spiro atoms. The number of carboxylic acids is 1. The maximum absolute atomic E-state index is 10.6. The quantitative estimate of drug-likeness (QED) is 0.661. The summed E-state index contributed by atoms with van der Waals surface area (Å²) in [7, 11) is 0. The predicted molar refractivity (Wildman–Crippen MR) is 75.2 cm³/mol. The van der Waals surface area contributed by atoms with E-state index >= 15 is 0 Å². The van der Waals surface area contributed by atoms with E-state index in [4.69, 9.17) is 10.8 Å². The van der Waals surface area contributed by atoms with Crippen LogP contribution in [0.15, 0.2) is 24.3 Å². The molecule has 1 atom stereocenters. The lowest BCUT2D eigenvalue weighted by Gasteiger charge is -2.24. The predicted octanol–water partition coefficient (Wildman–Crippen LogP) is 1.37. The Morgan fingerprint density at radius 2 is 1.95 bits per heavy atom. The van der Waals surface area contributed by atoms with Crippen LogP contribution in [0.5, 0.6) is 0 Å². The summed E-state index contributed by atoms with van der Waals surface area (Å²) in [4.78, 5) is 12.7. The van der Waals surface area contributed by atoms with E-state index in [-0.39, 0.29) is 13.0 Å². The van der Waals surface area contributed by atoms with Gasteiger partial charge >= 0.3 is 5.97 Å². The van der Waals surface area contributed by atoms with E-state index in [1.54, 1.807) is 0 Å². The fourth-order valence-corrected chi connectivity index (χ4v) is 1.91. The van der Waals surface area contributed by atoms with Crippen molar-refractivity contribution in [2.24, 2.45) is 5.73 Å². The molecule has 19 heavy (non-hydrogen) atoms. The van der Waals surface area contributed by atoms with Crippen LogP contribution in [0.3, 0.4) is 0 Å². The number of carboxylic acid groups (broad SMARTS) is 1. The first-order valence-electron chi connectivity index (χ1n) is 6.53. The van der Waals surface area contributed by atoms with E-state index in [1.165, 1.54) is 0 Å². The molecule has 0 saturated carbocycles. The number of hydrogen-bond donors (Lipinski definition) is 3. The second-order valence-electron chi connectivity index (χ2n) is 4.47. The van der Waals surface area contributed by atoms with Crippen LogP contribution in [-0.2, 0) is 4.79 Å². The molecule has 0 aliphatic heterocycles. The molecular formula is C14H22N2O3. The smallest absolute Gasteiger partial charge is 0.305 e. The maximum atomic E-state index is 10.6. The monoisotopic (exact) mass is 266 g/mol. The molecular weight excluding hydrogens is 244 g/mol. The molecule has 4 N–H and O–H groups in total. The van der Waals surface area contributed by atoms with Gasteiger partial charge in [-0.2, -0.15) is 0 Å². The van der Waals surface area contributed by atoms with Gasteiger partial charge in [-0.15, -0.1) is 0 Å². The second kappa shape index (κ2) is 7.76. The van der Waals surface area contributed by atoms with Crippen molar-refractivity contribution in [3.63, 3.8) is 0 Å². The molecule has 1 aromatic rings. The summed E-state index contributed by atoms with van der Waals surface area (Å²) in [5, 5.41) is 18.4. The average molecular weight is 266 g/mol. The van der Waals surface area contributed by atoms with Gasteiger partial charge < -0.3 is 20.8 Å². The van der Waals surface area contributed by atoms with E-state index in [0.717, 1.165) is 24.2 Å². The summed E-state index contributed by atoms with van der Waals surface area (Å²) in [6, 6.07) is 7.45. The van der Waals surface area contributed by atoms with Gasteiger partial charge in [-0.1, -0.05) is 19.1 Å².